The highest BCUT2D eigenvalue weighted by Gasteiger charge is 2.76. The van der Waals surface area contributed by atoms with Crippen LogP contribution in [0.4, 0.5) is 0 Å². The minimum Gasteiger partial charge on any atom is -0.497 e. The molecule has 2 saturated carbocycles. The van der Waals surface area contributed by atoms with Crippen LogP contribution in [0, 0.1) is 41.4 Å². The number of methoxy groups -OCH3 is 2. The van der Waals surface area contributed by atoms with E-state index in [0.29, 0.717) is 22.8 Å². The molecule has 9 atom stereocenters. The molecule has 208 valence electrons. The predicted octanol–water partition coefficient (Wildman–Crippen LogP) is 2.80. The quantitative estimate of drug-likeness (QED) is 0.340. The van der Waals surface area contributed by atoms with E-state index in [9.17, 15) is 25.2 Å². The Labute approximate surface area is 223 Å². The Balaban J connectivity index is 1.62. The summed E-state index contributed by atoms with van der Waals surface area (Å²) in [5.41, 5.74) is -1.86. The van der Waals surface area contributed by atoms with Gasteiger partial charge in [-0.1, -0.05) is 32.9 Å². The van der Waals surface area contributed by atoms with Gasteiger partial charge in [0, 0.05) is 12.0 Å². The van der Waals surface area contributed by atoms with Gasteiger partial charge in [-0.15, -0.1) is 0 Å². The molecule has 2 bridgehead atoms. The molecule has 0 aromatic heterocycles. The molecule has 8 heteroatoms. The first-order chi connectivity index (χ1) is 17.8. The second-order valence-electron chi connectivity index (χ2n) is 12.4. The smallest absolute Gasteiger partial charge is 0.342 e. The van der Waals surface area contributed by atoms with Gasteiger partial charge in [0.25, 0.3) is 0 Å². The summed E-state index contributed by atoms with van der Waals surface area (Å²) in [5.74, 6) is -0.0776. The number of carbonyl (C=O) groups excluding carboxylic acids is 1. The first-order valence-corrected chi connectivity index (χ1v) is 13.3. The van der Waals surface area contributed by atoms with E-state index in [1.165, 1.54) is 14.2 Å². The second kappa shape index (κ2) is 8.81. The van der Waals surface area contributed by atoms with Gasteiger partial charge in [-0.3, -0.25) is 0 Å². The molecule has 38 heavy (non-hydrogen) atoms. The zero-order chi connectivity index (χ0) is 27.9. The molecule has 1 aromatic carbocycles. The zero-order valence-electron chi connectivity index (χ0n) is 23.2. The highest BCUT2D eigenvalue weighted by atomic mass is 16.6. The highest BCUT2D eigenvalue weighted by molar-refractivity contribution is 5.95. The molecule has 4 N–H and O–H groups in total. The standard InChI is InChI=1S/C30H40O8/c1-14-8-18(36-6)11-21(37-7)22(14)27(34)38-26-15(2)12-29-16(3)9-20-23(28(20,4)5)19(25(29)33)10-17(13-31)24(32)30(26,29)35/h8,10-12,16,19-20,23-26,31-33,35H,9,13H2,1-7H3. The van der Waals surface area contributed by atoms with Crippen LogP contribution < -0.4 is 9.47 Å². The van der Waals surface area contributed by atoms with Gasteiger partial charge in [-0.25, -0.2) is 4.79 Å². The number of fused-ring (bicyclic) bond motifs is 3. The van der Waals surface area contributed by atoms with Crippen LogP contribution in [-0.4, -0.2) is 71.1 Å². The summed E-state index contributed by atoms with van der Waals surface area (Å²) in [6.07, 6.45) is 0.465. The van der Waals surface area contributed by atoms with E-state index < -0.39 is 41.9 Å². The first kappa shape index (κ1) is 27.2. The van der Waals surface area contributed by atoms with Gasteiger partial charge in [0.1, 0.15) is 28.8 Å². The van der Waals surface area contributed by atoms with Crippen LogP contribution in [0.5, 0.6) is 11.5 Å². The Bertz CT molecular complexity index is 1220. The van der Waals surface area contributed by atoms with Gasteiger partial charge < -0.3 is 34.6 Å². The van der Waals surface area contributed by atoms with E-state index in [2.05, 4.69) is 13.8 Å². The molecule has 8 nitrogen and oxygen atoms in total. The number of ether oxygens (including phenoxy) is 3. The lowest BCUT2D eigenvalue weighted by molar-refractivity contribution is -0.215. The number of aliphatic hydroxyl groups is 4. The van der Waals surface area contributed by atoms with Gasteiger partial charge in [-0.2, -0.15) is 0 Å². The molecule has 0 aliphatic heterocycles. The summed E-state index contributed by atoms with van der Waals surface area (Å²) in [6, 6.07) is 3.27. The Morgan fingerprint density at radius 3 is 2.42 bits per heavy atom. The van der Waals surface area contributed by atoms with Crippen LogP contribution >= 0.6 is 0 Å². The van der Waals surface area contributed by atoms with Crippen molar-refractivity contribution in [3.8, 4) is 11.5 Å². The third-order valence-corrected chi connectivity index (χ3v) is 10.3. The van der Waals surface area contributed by atoms with Crippen molar-refractivity contribution in [3.05, 3.63) is 46.6 Å². The topological polar surface area (TPSA) is 126 Å². The van der Waals surface area contributed by atoms with E-state index in [1.807, 2.05) is 13.0 Å². The molecule has 0 saturated heterocycles. The van der Waals surface area contributed by atoms with Crippen LogP contribution in [0.3, 0.4) is 0 Å². The number of rotatable bonds is 5. The lowest BCUT2D eigenvalue weighted by atomic mass is 9.58. The molecule has 1 aromatic rings. The van der Waals surface area contributed by atoms with Crippen molar-refractivity contribution < 1.29 is 39.4 Å². The Kier molecular flexibility index (Phi) is 6.30. The number of hydrogen-bond donors (Lipinski definition) is 4. The van der Waals surface area contributed by atoms with E-state index in [0.717, 1.165) is 6.42 Å². The summed E-state index contributed by atoms with van der Waals surface area (Å²) in [6.45, 7) is 9.35. The van der Waals surface area contributed by atoms with E-state index in [4.69, 9.17) is 14.2 Å². The maximum Gasteiger partial charge on any atom is 0.342 e. The van der Waals surface area contributed by atoms with Gasteiger partial charge in [-0.05, 0) is 66.2 Å². The van der Waals surface area contributed by atoms with Gasteiger partial charge in [0.2, 0.25) is 0 Å². The number of aryl methyl sites for hydroxylation is 1. The second-order valence-corrected chi connectivity index (χ2v) is 12.4. The lowest BCUT2D eigenvalue weighted by Gasteiger charge is -2.52. The fourth-order valence-corrected chi connectivity index (χ4v) is 8.33. The molecule has 5 rings (SSSR count). The third kappa shape index (κ3) is 3.33. The van der Waals surface area contributed by atoms with Crippen molar-refractivity contribution in [2.45, 2.75) is 65.0 Å². The molecule has 4 aliphatic carbocycles. The van der Waals surface area contributed by atoms with Crippen LogP contribution in [0.15, 0.2) is 35.4 Å². The molecule has 4 aliphatic rings. The Morgan fingerprint density at radius 2 is 1.82 bits per heavy atom. The first-order valence-electron chi connectivity index (χ1n) is 13.3. The lowest BCUT2D eigenvalue weighted by Crippen LogP contribution is -2.66. The number of benzene rings is 1. The van der Waals surface area contributed by atoms with E-state index in [1.54, 1.807) is 32.1 Å². The molecular formula is C30H40O8. The van der Waals surface area contributed by atoms with Gasteiger partial charge in [0.05, 0.1) is 32.3 Å². The maximum absolute atomic E-state index is 13.7. The molecule has 0 amide bonds. The number of hydrogen-bond acceptors (Lipinski definition) is 8. The van der Waals surface area contributed by atoms with Crippen molar-refractivity contribution in [2.75, 3.05) is 20.8 Å². The monoisotopic (exact) mass is 528 g/mol. The maximum atomic E-state index is 13.7. The average molecular weight is 529 g/mol. The molecule has 9 unspecified atom stereocenters. The Morgan fingerprint density at radius 1 is 1.13 bits per heavy atom. The minimum atomic E-state index is -2.09. The highest BCUT2D eigenvalue weighted by Crippen LogP contribution is 2.72. The molecule has 0 heterocycles. The van der Waals surface area contributed by atoms with E-state index in [-0.39, 0.29) is 40.1 Å². The molecule has 2 fully saturated rings. The largest absolute Gasteiger partial charge is 0.497 e. The number of carbonyl (C=O) groups is 1. The predicted molar refractivity (Wildman–Crippen MR) is 140 cm³/mol. The van der Waals surface area contributed by atoms with Crippen molar-refractivity contribution >= 4 is 5.97 Å². The van der Waals surface area contributed by atoms with Crippen molar-refractivity contribution in [1.29, 1.82) is 0 Å². The molecular weight excluding hydrogens is 488 g/mol. The van der Waals surface area contributed by atoms with E-state index >= 15 is 0 Å². The molecule has 1 spiro atoms. The van der Waals surface area contributed by atoms with Crippen LogP contribution in [0.2, 0.25) is 0 Å². The fourth-order valence-electron chi connectivity index (χ4n) is 8.33. The third-order valence-electron chi connectivity index (χ3n) is 10.3. The van der Waals surface area contributed by atoms with Gasteiger partial charge >= 0.3 is 5.97 Å². The summed E-state index contributed by atoms with van der Waals surface area (Å²) in [4.78, 5) is 13.7. The SMILES string of the molecule is COc1cc(C)c(C(=O)OC2C(C)=CC34C(C)CC5C(C(C=C(CO)C(O)C23O)C4O)C5(C)C)c(OC)c1. The normalized spacial score (nSPS) is 40.6. The zero-order valence-corrected chi connectivity index (χ0v) is 23.2. The van der Waals surface area contributed by atoms with Crippen LogP contribution in [0.1, 0.15) is 50.0 Å². The summed E-state index contributed by atoms with van der Waals surface area (Å²) < 4.78 is 16.8. The van der Waals surface area contributed by atoms with Crippen molar-refractivity contribution in [1.82, 2.24) is 0 Å². The Hall–Kier alpha value is -2.39. The summed E-state index contributed by atoms with van der Waals surface area (Å²) >= 11 is 0. The van der Waals surface area contributed by atoms with Crippen LogP contribution in [-0.2, 0) is 4.74 Å². The van der Waals surface area contributed by atoms with Crippen LogP contribution in [0.25, 0.3) is 0 Å². The number of esters is 1. The number of aliphatic hydroxyl groups excluding tert-OH is 3. The van der Waals surface area contributed by atoms with Gasteiger partial charge in [0.15, 0.2) is 6.10 Å². The van der Waals surface area contributed by atoms with Crippen molar-refractivity contribution in [3.63, 3.8) is 0 Å². The summed E-state index contributed by atoms with van der Waals surface area (Å²) in [7, 11) is 2.96. The molecule has 0 radical (unpaired) electrons. The summed E-state index contributed by atoms with van der Waals surface area (Å²) in [5, 5.41) is 46.7. The minimum absolute atomic E-state index is 0.00231. The average Bonchev–Trinajstić information content (AvgIpc) is 3.36. The van der Waals surface area contributed by atoms with Crippen molar-refractivity contribution in [2.24, 2.45) is 34.5 Å². The fraction of sp³-hybridized carbons (Fsp3) is 0.633.